The van der Waals surface area contributed by atoms with Gasteiger partial charge in [-0.2, -0.15) is 12.6 Å². The first-order chi connectivity index (χ1) is 6.43. The van der Waals surface area contributed by atoms with Crippen molar-refractivity contribution in [1.29, 1.82) is 0 Å². The van der Waals surface area contributed by atoms with Gasteiger partial charge in [0.1, 0.15) is 0 Å². The normalized spacial score (nSPS) is 19.2. The summed E-state index contributed by atoms with van der Waals surface area (Å²) in [6.45, 7) is 1.91. The van der Waals surface area contributed by atoms with E-state index in [0.717, 1.165) is 35.9 Å². The molecule has 0 radical (unpaired) electrons. The maximum atomic E-state index is 5.43. The minimum atomic E-state index is 0.775. The van der Waals surface area contributed by atoms with Gasteiger partial charge >= 0.3 is 0 Å². The Morgan fingerprint density at radius 3 is 2.85 bits per heavy atom. The summed E-state index contributed by atoms with van der Waals surface area (Å²) >= 11 is 9.77. The van der Waals surface area contributed by atoms with Gasteiger partial charge in [-0.15, -0.1) is 35.3 Å². The lowest BCUT2D eigenvalue weighted by Gasteiger charge is -2.25. The van der Waals surface area contributed by atoms with E-state index in [-0.39, 0.29) is 0 Å². The van der Waals surface area contributed by atoms with Gasteiger partial charge in [0.15, 0.2) is 0 Å². The van der Waals surface area contributed by atoms with Crippen LogP contribution in [-0.2, 0) is 4.74 Å². The second-order valence-corrected chi connectivity index (χ2v) is 6.49. The molecule has 78 valence electrons. The highest BCUT2D eigenvalue weighted by atomic mass is 32.2. The van der Waals surface area contributed by atoms with Crippen LogP contribution >= 0.6 is 47.9 Å². The Morgan fingerprint density at radius 1 is 1.38 bits per heavy atom. The van der Waals surface area contributed by atoms with Crippen LogP contribution in [0.1, 0.15) is 0 Å². The molecule has 0 aliphatic carbocycles. The molecule has 1 heterocycles. The number of thioether (sulfide) groups is 3. The molecule has 0 aromatic carbocycles. The van der Waals surface area contributed by atoms with E-state index in [1.54, 1.807) is 11.8 Å². The molecule has 1 aliphatic heterocycles. The standard InChI is InChI=1S/C7H15NOS4/c10-6-13-5-9-2-1-8-3-11-7-12-4-8/h10H,1-7H2. The summed E-state index contributed by atoms with van der Waals surface area (Å²) in [5.41, 5.74) is 0. The quantitative estimate of drug-likeness (QED) is 0.444. The van der Waals surface area contributed by atoms with Crippen LogP contribution in [0.3, 0.4) is 0 Å². The Kier molecular flexibility index (Phi) is 8.21. The third-order valence-electron chi connectivity index (χ3n) is 1.52. The zero-order chi connectivity index (χ0) is 9.36. The third-order valence-corrected chi connectivity index (χ3v) is 5.02. The fourth-order valence-electron chi connectivity index (χ4n) is 0.907. The molecule has 0 bridgehead atoms. The first-order valence-electron chi connectivity index (χ1n) is 4.07. The molecule has 13 heavy (non-hydrogen) atoms. The Bertz CT molecular complexity index is 121. The molecule has 0 amide bonds. The molecule has 2 nitrogen and oxygen atoms in total. The Morgan fingerprint density at radius 2 is 2.15 bits per heavy atom. The number of nitrogens with zero attached hydrogens (tertiary/aromatic N) is 1. The van der Waals surface area contributed by atoms with Gasteiger partial charge in [0, 0.05) is 28.5 Å². The third kappa shape index (κ3) is 6.41. The van der Waals surface area contributed by atoms with E-state index in [1.165, 1.54) is 5.08 Å². The topological polar surface area (TPSA) is 12.5 Å². The predicted octanol–water partition coefficient (Wildman–Crippen LogP) is 2.24. The Hall–Kier alpha value is 1.32. The summed E-state index contributed by atoms with van der Waals surface area (Å²) in [6, 6.07) is 0. The average Bonchev–Trinajstić information content (AvgIpc) is 2.19. The van der Waals surface area contributed by atoms with Gasteiger partial charge < -0.3 is 4.74 Å². The van der Waals surface area contributed by atoms with Gasteiger partial charge in [-0.3, -0.25) is 4.90 Å². The summed E-state index contributed by atoms with van der Waals surface area (Å²) < 4.78 is 5.43. The molecule has 0 spiro atoms. The minimum Gasteiger partial charge on any atom is -0.369 e. The second kappa shape index (κ2) is 8.61. The summed E-state index contributed by atoms with van der Waals surface area (Å²) in [7, 11) is 0. The molecule has 1 fully saturated rings. The smallest absolute Gasteiger partial charge is 0.0929 e. The molecule has 6 heteroatoms. The van der Waals surface area contributed by atoms with Crippen molar-refractivity contribution in [1.82, 2.24) is 4.90 Å². The predicted molar refractivity (Wildman–Crippen MR) is 68.8 cm³/mol. The Labute approximate surface area is 98.3 Å². The maximum absolute atomic E-state index is 5.43. The largest absolute Gasteiger partial charge is 0.369 e. The van der Waals surface area contributed by atoms with Crippen molar-refractivity contribution in [3.8, 4) is 0 Å². The van der Waals surface area contributed by atoms with Crippen LogP contribution in [-0.4, -0.2) is 45.9 Å². The first-order valence-corrected chi connectivity index (χ1v) is 8.17. The molecule has 1 aliphatic rings. The van der Waals surface area contributed by atoms with Crippen LogP contribution in [0.5, 0.6) is 0 Å². The highest BCUT2D eigenvalue weighted by Crippen LogP contribution is 2.21. The van der Waals surface area contributed by atoms with Crippen LogP contribution in [0.25, 0.3) is 0 Å². The zero-order valence-electron chi connectivity index (χ0n) is 7.48. The van der Waals surface area contributed by atoms with E-state index in [2.05, 4.69) is 17.5 Å². The van der Waals surface area contributed by atoms with E-state index in [0.29, 0.717) is 0 Å². The van der Waals surface area contributed by atoms with Gasteiger partial charge in [-0.1, -0.05) is 0 Å². The highest BCUT2D eigenvalue weighted by molar-refractivity contribution is 8.16. The van der Waals surface area contributed by atoms with Crippen molar-refractivity contribution in [2.24, 2.45) is 0 Å². The van der Waals surface area contributed by atoms with Crippen LogP contribution in [0.4, 0.5) is 0 Å². The van der Waals surface area contributed by atoms with Crippen molar-refractivity contribution in [2.45, 2.75) is 0 Å². The molecular weight excluding hydrogens is 242 g/mol. The zero-order valence-corrected chi connectivity index (χ0v) is 10.8. The van der Waals surface area contributed by atoms with Gasteiger partial charge in [0.2, 0.25) is 0 Å². The number of thiol groups is 1. The van der Waals surface area contributed by atoms with Crippen LogP contribution in [0.2, 0.25) is 0 Å². The van der Waals surface area contributed by atoms with Crippen LogP contribution in [0.15, 0.2) is 0 Å². The fourth-order valence-corrected chi connectivity index (χ4v) is 3.58. The Balaban J connectivity index is 1.86. The number of ether oxygens (including phenoxy) is 1. The molecule has 0 atom stereocenters. The molecule has 1 saturated heterocycles. The lowest BCUT2D eigenvalue weighted by atomic mass is 10.6. The summed E-state index contributed by atoms with van der Waals surface area (Å²) in [4.78, 5) is 2.42. The molecular formula is C7H15NOS4. The summed E-state index contributed by atoms with van der Waals surface area (Å²) in [5.74, 6) is 3.10. The van der Waals surface area contributed by atoms with Crippen LogP contribution in [0, 0.1) is 0 Å². The molecule has 0 unspecified atom stereocenters. The molecule has 1 rings (SSSR count). The lowest BCUT2D eigenvalue weighted by Crippen LogP contribution is -2.29. The van der Waals surface area contributed by atoms with E-state index >= 15 is 0 Å². The summed E-state index contributed by atoms with van der Waals surface area (Å²) in [6.07, 6.45) is 0. The van der Waals surface area contributed by atoms with E-state index in [4.69, 9.17) is 4.74 Å². The first kappa shape index (κ1) is 12.4. The van der Waals surface area contributed by atoms with E-state index in [9.17, 15) is 0 Å². The van der Waals surface area contributed by atoms with Crippen molar-refractivity contribution in [3.05, 3.63) is 0 Å². The number of rotatable bonds is 6. The van der Waals surface area contributed by atoms with E-state index < -0.39 is 0 Å². The minimum absolute atomic E-state index is 0.775. The molecule has 0 aromatic heterocycles. The van der Waals surface area contributed by atoms with Crippen molar-refractivity contribution < 1.29 is 4.74 Å². The summed E-state index contributed by atoms with van der Waals surface area (Å²) in [5, 5.41) is 2.09. The highest BCUT2D eigenvalue weighted by Gasteiger charge is 2.09. The van der Waals surface area contributed by atoms with Crippen molar-refractivity contribution >= 4 is 47.9 Å². The van der Waals surface area contributed by atoms with Gasteiger partial charge in [0.05, 0.1) is 12.5 Å². The van der Waals surface area contributed by atoms with Gasteiger partial charge in [-0.25, -0.2) is 0 Å². The van der Waals surface area contributed by atoms with Gasteiger partial charge in [0.25, 0.3) is 0 Å². The fraction of sp³-hybridized carbons (Fsp3) is 1.00. The number of hydrogen-bond donors (Lipinski definition) is 1. The van der Waals surface area contributed by atoms with Crippen molar-refractivity contribution in [3.63, 3.8) is 0 Å². The monoisotopic (exact) mass is 257 g/mol. The van der Waals surface area contributed by atoms with Crippen molar-refractivity contribution in [2.75, 3.05) is 41.0 Å². The molecule has 0 saturated carbocycles. The molecule has 0 N–H and O–H groups in total. The second-order valence-electron chi connectivity index (χ2n) is 2.54. The average molecular weight is 257 g/mol. The maximum Gasteiger partial charge on any atom is 0.0929 e. The number of hydrogen-bond acceptors (Lipinski definition) is 6. The SMILES string of the molecule is SCSCOCCN1CSCSC1. The van der Waals surface area contributed by atoms with Gasteiger partial charge in [-0.05, 0) is 0 Å². The lowest BCUT2D eigenvalue weighted by molar-refractivity contribution is 0.155. The molecule has 0 aromatic rings. The van der Waals surface area contributed by atoms with E-state index in [1.807, 2.05) is 23.5 Å². The van der Waals surface area contributed by atoms with Crippen LogP contribution < -0.4 is 0 Å².